The number of carbonyl (C=O) groups excluding carboxylic acids is 2. The van der Waals surface area contributed by atoms with E-state index in [-0.39, 0.29) is 22.4 Å². The molecule has 1 spiro atoms. The summed E-state index contributed by atoms with van der Waals surface area (Å²) < 4.78 is 6.15. The molecule has 0 amide bonds. The second-order valence-corrected chi connectivity index (χ2v) is 10.8. The zero-order valence-electron chi connectivity index (χ0n) is 16.8. The number of hydrogen-bond donors (Lipinski definition) is 0. The summed E-state index contributed by atoms with van der Waals surface area (Å²) in [6.07, 6.45) is 12.7. The Bertz CT molecular complexity index is 768. The van der Waals surface area contributed by atoms with Gasteiger partial charge in [-0.2, -0.15) is 0 Å². The maximum Gasteiger partial charge on any atom is 0.306 e. The molecule has 8 atom stereocenters. The van der Waals surface area contributed by atoms with Gasteiger partial charge in [-0.05, 0) is 92.4 Å². The molecule has 27 heavy (non-hydrogen) atoms. The molecule has 5 fully saturated rings. The summed E-state index contributed by atoms with van der Waals surface area (Å²) in [5.41, 5.74) is 1.83. The third kappa shape index (κ3) is 1.85. The van der Waals surface area contributed by atoms with Crippen LogP contribution in [0.25, 0.3) is 0 Å². The fourth-order valence-corrected chi connectivity index (χ4v) is 9.23. The van der Waals surface area contributed by atoms with Gasteiger partial charge in [-0.15, -0.1) is 0 Å². The molecule has 6 rings (SSSR count). The molecule has 1 saturated heterocycles. The molecule has 0 radical (unpaired) electrons. The molecular weight excluding hydrogens is 336 g/mol. The molecule has 3 heteroatoms. The Labute approximate surface area is 162 Å². The summed E-state index contributed by atoms with van der Waals surface area (Å²) in [6.45, 7) is 4.84. The summed E-state index contributed by atoms with van der Waals surface area (Å²) >= 11 is 0. The number of carbonyl (C=O) groups is 2. The summed E-state index contributed by atoms with van der Waals surface area (Å²) in [4.78, 5) is 24.2. The summed E-state index contributed by atoms with van der Waals surface area (Å²) in [6, 6.07) is 0. The van der Waals surface area contributed by atoms with Crippen molar-refractivity contribution in [2.45, 2.75) is 83.7 Å². The lowest BCUT2D eigenvalue weighted by Gasteiger charge is -2.59. The molecule has 0 aromatic heterocycles. The number of allylic oxidation sites excluding steroid dienone is 1. The number of ketones is 1. The van der Waals surface area contributed by atoms with Crippen molar-refractivity contribution in [3.05, 3.63) is 11.6 Å². The molecule has 5 aliphatic carbocycles. The second-order valence-electron chi connectivity index (χ2n) is 10.8. The third-order valence-electron chi connectivity index (χ3n) is 10.4. The smallest absolute Gasteiger partial charge is 0.306 e. The van der Waals surface area contributed by atoms with Crippen LogP contribution < -0.4 is 0 Å². The minimum atomic E-state index is -0.154. The van der Waals surface area contributed by atoms with E-state index in [0.717, 1.165) is 55.8 Å². The topological polar surface area (TPSA) is 43.4 Å². The van der Waals surface area contributed by atoms with E-state index in [1.54, 1.807) is 0 Å². The predicted octanol–water partition coefficient (Wildman–Crippen LogP) is 4.84. The molecule has 1 heterocycles. The van der Waals surface area contributed by atoms with E-state index in [1.807, 2.05) is 0 Å². The van der Waals surface area contributed by atoms with Crippen LogP contribution >= 0.6 is 0 Å². The van der Waals surface area contributed by atoms with Crippen molar-refractivity contribution in [1.82, 2.24) is 0 Å². The van der Waals surface area contributed by atoms with Gasteiger partial charge in [-0.1, -0.05) is 19.4 Å². The van der Waals surface area contributed by atoms with Crippen molar-refractivity contribution in [3.63, 3.8) is 0 Å². The SMILES string of the molecule is CC[C@]12CCC3[C@H](C1CC[C@@]21CCC(=O)O1)[C@@H]1C[C@@H]1C1=CC(=O)CC[C@@]13C. The zero-order chi connectivity index (χ0) is 18.6. The predicted molar refractivity (Wildman–Crippen MR) is 102 cm³/mol. The summed E-state index contributed by atoms with van der Waals surface area (Å²) in [5, 5.41) is 0. The highest BCUT2D eigenvalue weighted by atomic mass is 16.6. The lowest BCUT2D eigenvalue weighted by Crippen LogP contribution is -2.56. The van der Waals surface area contributed by atoms with E-state index in [9.17, 15) is 9.59 Å². The average molecular weight is 369 g/mol. The Morgan fingerprint density at radius 3 is 2.63 bits per heavy atom. The molecule has 6 aliphatic rings. The highest BCUT2D eigenvalue weighted by Crippen LogP contribution is 2.76. The highest BCUT2D eigenvalue weighted by molar-refractivity contribution is 5.92. The minimum Gasteiger partial charge on any atom is -0.458 e. The number of esters is 1. The Balaban J connectivity index is 1.42. The number of fused-ring (bicyclic) bond motifs is 9. The molecule has 0 aromatic carbocycles. The monoisotopic (exact) mass is 368 g/mol. The lowest BCUT2D eigenvalue weighted by atomic mass is 9.45. The molecule has 1 aliphatic heterocycles. The molecule has 0 N–H and O–H groups in total. The minimum absolute atomic E-state index is 0.0431. The van der Waals surface area contributed by atoms with Gasteiger partial charge in [-0.3, -0.25) is 9.59 Å². The van der Waals surface area contributed by atoms with E-state index in [0.29, 0.717) is 18.1 Å². The van der Waals surface area contributed by atoms with E-state index < -0.39 is 0 Å². The van der Waals surface area contributed by atoms with E-state index in [2.05, 4.69) is 19.9 Å². The fraction of sp³-hybridized carbons (Fsp3) is 0.833. The van der Waals surface area contributed by atoms with Gasteiger partial charge in [0, 0.05) is 18.3 Å². The first kappa shape index (κ1) is 16.8. The maximum atomic E-state index is 12.1. The number of rotatable bonds is 1. The van der Waals surface area contributed by atoms with Crippen LogP contribution in [0.2, 0.25) is 0 Å². The van der Waals surface area contributed by atoms with Crippen LogP contribution in [0.5, 0.6) is 0 Å². The van der Waals surface area contributed by atoms with Gasteiger partial charge in [-0.25, -0.2) is 0 Å². The van der Waals surface area contributed by atoms with Crippen molar-refractivity contribution in [1.29, 1.82) is 0 Å². The first-order chi connectivity index (χ1) is 12.9. The molecule has 146 valence electrons. The van der Waals surface area contributed by atoms with Crippen LogP contribution in [0.4, 0.5) is 0 Å². The second kappa shape index (κ2) is 5.07. The van der Waals surface area contributed by atoms with Crippen molar-refractivity contribution in [2.75, 3.05) is 0 Å². The first-order valence-electron chi connectivity index (χ1n) is 11.4. The van der Waals surface area contributed by atoms with Gasteiger partial charge in [0.25, 0.3) is 0 Å². The van der Waals surface area contributed by atoms with Crippen LogP contribution in [0.15, 0.2) is 11.6 Å². The lowest BCUT2D eigenvalue weighted by molar-refractivity contribution is -0.173. The molecular formula is C24H32O3. The van der Waals surface area contributed by atoms with E-state index in [4.69, 9.17) is 4.74 Å². The largest absolute Gasteiger partial charge is 0.458 e. The van der Waals surface area contributed by atoms with Gasteiger partial charge in [0.15, 0.2) is 5.78 Å². The normalized spacial score (nSPS) is 55.3. The first-order valence-corrected chi connectivity index (χ1v) is 11.4. The standard InChI is InChI=1S/C24H32O3/c1-3-23-9-5-17-21(18(23)6-10-24(23)11-7-20(26)27-24)16-13-15(16)19-12-14(25)4-8-22(17,19)2/h12,15-18,21H,3-11,13H2,1-2H3/t15-,16+,17?,18?,21+,22+,23-,24+/m0/s1. The third-order valence-corrected chi connectivity index (χ3v) is 10.4. The van der Waals surface area contributed by atoms with Crippen LogP contribution in [0, 0.1) is 40.4 Å². The highest BCUT2D eigenvalue weighted by Gasteiger charge is 2.72. The van der Waals surface area contributed by atoms with Gasteiger partial charge >= 0.3 is 5.97 Å². The zero-order valence-corrected chi connectivity index (χ0v) is 16.8. The maximum absolute atomic E-state index is 12.1. The Kier molecular flexibility index (Phi) is 3.16. The van der Waals surface area contributed by atoms with Crippen molar-refractivity contribution in [3.8, 4) is 0 Å². The van der Waals surface area contributed by atoms with Gasteiger partial charge in [0.1, 0.15) is 5.60 Å². The summed E-state index contributed by atoms with van der Waals surface area (Å²) in [7, 11) is 0. The quantitative estimate of drug-likeness (QED) is 0.622. The number of ether oxygens (including phenoxy) is 1. The fourth-order valence-electron chi connectivity index (χ4n) is 9.23. The Morgan fingerprint density at radius 1 is 1.07 bits per heavy atom. The van der Waals surface area contributed by atoms with Gasteiger partial charge in [0.05, 0.1) is 0 Å². The molecule has 0 aromatic rings. The average Bonchev–Trinajstić information content (AvgIpc) is 3.27. The molecule has 0 bridgehead atoms. The van der Waals surface area contributed by atoms with Gasteiger partial charge < -0.3 is 4.74 Å². The molecule has 2 unspecified atom stereocenters. The van der Waals surface area contributed by atoms with Crippen molar-refractivity contribution >= 4 is 11.8 Å². The van der Waals surface area contributed by atoms with E-state index >= 15 is 0 Å². The molecule has 4 saturated carbocycles. The Morgan fingerprint density at radius 2 is 1.89 bits per heavy atom. The summed E-state index contributed by atoms with van der Waals surface area (Å²) in [5.74, 6) is 4.12. The Hall–Kier alpha value is -1.12. The van der Waals surface area contributed by atoms with Crippen LogP contribution in [0.3, 0.4) is 0 Å². The molecule has 3 nitrogen and oxygen atoms in total. The van der Waals surface area contributed by atoms with Crippen LogP contribution in [-0.2, 0) is 14.3 Å². The van der Waals surface area contributed by atoms with Gasteiger partial charge in [0.2, 0.25) is 0 Å². The number of hydrogen-bond acceptors (Lipinski definition) is 3. The van der Waals surface area contributed by atoms with Crippen LogP contribution in [-0.4, -0.2) is 17.4 Å². The van der Waals surface area contributed by atoms with Crippen LogP contribution in [0.1, 0.15) is 78.1 Å². The van der Waals surface area contributed by atoms with Crippen molar-refractivity contribution < 1.29 is 14.3 Å². The van der Waals surface area contributed by atoms with Crippen molar-refractivity contribution in [2.24, 2.45) is 40.4 Å². The van der Waals surface area contributed by atoms with E-state index in [1.165, 1.54) is 31.3 Å².